The zero-order valence-electron chi connectivity index (χ0n) is 11.8. The molecule has 1 aliphatic heterocycles. The minimum Gasteiger partial charge on any atom is -0.443 e. The number of aliphatic hydroxyl groups excluding tert-OH is 1. The van der Waals surface area contributed by atoms with Gasteiger partial charge < -0.3 is 14.4 Å². The number of amides is 1. The van der Waals surface area contributed by atoms with Crippen molar-refractivity contribution in [3.8, 4) is 11.3 Å². The molecule has 1 amide bonds. The lowest BCUT2D eigenvalue weighted by molar-refractivity contribution is 0.0746. The average Bonchev–Trinajstić information content (AvgIpc) is 2.91. The molecule has 2 aliphatic rings. The first-order valence-corrected chi connectivity index (χ1v) is 7.61. The molecule has 1 N–H and O–H groups in total. The molecule has 2 aromatic rings. The number of hydrogen-bond acceptors (Lipinski definition) is 4. The van der Waals surface area contributed by atoms with Gasteiger partial charge in [0.25, 0.3) is 5.91 Å². The van der Waals surface area contributed by atoms with Crippen molar-refractivity contribution in [1.29, 1.82) is 0 Å². The first-order valence-electron chi connectivity index (χ1n) is 7.23. The van der Waals surface area contributed by atoms with Crippen LogP contribution < -0.4 is 0 Å². The summed E-state index contributed by atoms with van der Waals surface area (Å²) in [6, 6.07) is 7.21. The Balaban J connectivity index is 1.64. The molecule has 1 aromatic heterocycles. The van der Waals surface area contributed by atoms with E-state index in [9.17, 15) is 9.90 Å². The van der Waals surface area contributed by atoms with Crippen LogP contribution in [0.3, 0.4) is 0 Å². The van der Waals surface area contributed by atoms with Gasteiger partial charge in [0.15, 0.2) is 17.8 Å². The number of carbonyl (C=O) groups excluding carboxylic acids is 1. The molecular formula is C16H15ClN2O3. The Morgan fingerprint density at radius 1 is 1.50 bits per heavy atom. The minimum absolute atomic E-state index is 0.0794. The van der Waals surface area contributed by atoms with Crippen molar-refractivity contribution in [3.63, 3.8) is 0 Å². The lowest BCUT2D eigenvalue weighted by Crippen LogP contribution is -2.33. The number of aromatic nitrogens is 1. The summed E-state index contributed by atoms with van der Waals surface area (Å²) in [7, 11) is 0. The topological polar surface area (TPSA) is 66.6 Å². The smallest absolute Gasteiger partial charge is 0.276 e. The SMILES string of the molecule is O=C(c1ncoc1-c1ccccc1Cl)N1CC2CC2(CO)C1. The van der Waals surface area contributed by atoms with Crippen molar-refractivity contribution >= 4 is 17.5 Å². The zero-order valence-corrected chi connectivity index (χ0v) is 12.6. The van der Waals surface area contributed by atoms with Crippen molar-refractivity contribution < 1.29 is 14.3 Å². The maximum Gasteiger partial charge on any atom is 0.276 e. The van der Waals surface area contributed by atoms with Gasteiger partial charge in [0.2, 0.25) is 0 Å². The molecule has 2 heterocycles. The van der Waals surface area contributed by atoms with Crippen LogP contribution in [0.5, 0.6) is 0 Å². The molecule has 2 atom stereocenters. The molecule has 6 heteroatoms. The summed E-state index contributed by atoms with van der Waals surface area (Å²) in [6.45, 7) is 1.40. The van der Waals surface area contributed by atoms with Gasteiger partial charge in [-0.1, -0.05) is 23.7 Å². The number of piperidine rings is 1. The third-order valence-electron chi connectivity index (χ3n) is 4.80. The number of nitrogens with zero attached hydrogens (tertiary/aromatic N) is 2. The number of oxazole rings is 1. The highest BCUT2D eigenvalue weighted by Crippen LogP contribution is 2.57. The van der Waals surface area contributed by atoms with Gasteiger partial charge in [0, 0.05) is 24.1 Å². The van der Waals surface area contributed by atoms with Gasteiger partial charge in [-0.15, -0.1) is 0 Å². The van der Waals surface area contributed by atoms with E-state index in [1.54, 1.807) is 17.0 Å². The van der Waals surface area contributed by atoms with E-state index < -0.39 is 0 Å². The summed E-state index contributed by atoms with van der Waals surface area (Å²) < 4.78 is 5.41. The molecule has 2 unspecified atom stereocenters. The minimum atomic E-state index is -0.163. The van der Waals surface area contributed by atoms with Gasteiger partial charge in [-0.05, 0) is 24.5 Å². The third-order valence-corrected chi connectivity index (χ3v) is 5.13. The lowest BCUT2D eigenvalue weighted by atomic mass is 10.1. The number of carbonyl (C=O) groups is 1. The summed E-state index contributed by atoms with van der Waals surface area (Å²) in [5, 5.41) is 9.99. The van der Waals surface area contributed by atoms with Crippen LogP contribution in [0.2, 0.25) is 5.02 Å². The predicted octanol–water partition coefficient (Wildman–Crippen LogP) is 2.45. The summed E-state index contributed by atoms with van der Waals surface area (Å²) in [4.78, 5) is 18.6. The molecule has 1 aromatic carbocycles. The molecule has 5 nitrogen and oxygen atoms in total. The highest BCUT2D eigenvalue weighted by Gasteiger charge is 2.60. The first kappa shape index (κ1) is 13.8. The number of likely N-dealkylation sites (tertiary alicyclic amines) is 1. The fourth-order valence-electron chi connectivity index (χ4n) is 3.38. The van der Waals surface area contributed by atoms with Gasteiger partial charge in [-0.25, -0.2) is 4.98 Å². The molecule has 0 spiro atoms. The highest BCUT2D eigenvalue weighted by molar-refractivity contribution is 6.33. The maximum atomic E-state index is 12.7. The number of hydrogen-bond donors (Lipinski definition) is 1. The van der Waals surface area contributed by atoms with Gasteiger partial charge in [-0.3, -0.25) is 4.79 Å². The van der Waals surface area contributed by atoms with Crippen molar-refractivity contribution in [1.82, 2.24) is 9.88 Å². The second-order valence-electron chi connectivity index (χ2n) is 6.12. The van der Waals surface area contributed by atoms with Crippen LogP contribution in [0, 0.1) is 11.3 Å². The first-order chi connectivity index (χ1) is 10.6. The van der Waals surface area contributed by atoms with E-state index in [4.69, 9.17) is 16.0 Å². The van der Waals surface area contributed by atoms with E-state index in [2.05, 4.69) is 4.98 Å². The summed E-state index contributed by atoms with van der Waals surface area (Å²) in [6.07, 6.45) is 2.27. The molecule has 22 heavy (non-hydrogen) atoms. The van der Waals surface area contributed by atoms with Gasteiger partial charge >= 0.3 is 0 Å². The van der Waals surface area contributed by atoms with E-state index >= 15 is 0 Å². The van der Waals surface area contributed by atoms with Gasteiger partial charge in [0.1, 0.15) is 0 Å². The Hall–Kier alpha value is -1.85. The molecule has 114 valence electrons. The van der Waals surface area contributed by atoms with Crippen LogP contribution in [0.25, 0.3) is 11.3 Å². The van der Waals surface area contributed by atoms with Gasteiger partial charge in [0.05, 0.1) is 11.6 Å². The Morgan fingerprint density at radius 2 is 2.32 bits per heavy atom. The number of aliphatic hydroxyl groups is 1. The maximum absolute atomic E-state index is 12.7. The summed E-state index contributed by atoms with van der Waals surface area (Å²) in [5.41, 5.74) is 0.859. The Bertz CT molecular complexity index is 740. The molecule has 1 saturated carbocycles. The van der Waals surface area contributed by atoms with Crippen LogP contribution in [-0.2, 0) is 0 Å². The Morgan fingerprint density at radius 3 is 3.05 bits per heavy atom. The fourth-order valence-corrected chi connectivity index (χ4v) is 3.60. The molecule has 2 fully saturated rings. The van der Waals surface area contributed by atoms with E-state index in [-0.39, 0.29) is 23.6 Å². The summed E-state index contributed by atoms with van der Waals surface area (Å²) in [5.74, 6) is 0.648. The van der Waals surface area contributed by atoms with E-state index in [1.165, 1.54) is 6.39 Å². The van der Waals surface area contributed by atoms with Crippen molar-refractivity contribution in [2.75, 3.05) is 19.7 Å². The van der Waals surface area contributed by atoms with Crippen LogP contribution in [0.4, 0.5) is 0 Å². The van der Waals surface area contributed by atoms with Crippen LogP contribution in [0.15, 0.2) is 35.1 Å². The average molecular weight is 319 g/mol. The van der Waals surface area contributed by atoms with Crippen LogP contribution in [-0.4, -0.2) is 40.6 Å². The normalized spacial score (nSPS) is 26.1. The summed E-state index contributed by atoms with van der Waals surface area (Å²) >= 11 is 6.18. The monoisotopic (exact) mass is 318 g/mol. The fraction of sp³-hybridized carbons (Fsp3) is 0.375. The van der Waals surface area contributed by atoms with Gasteiger partial charge in [-0.2, -0.15) is 0 Å². The molecule has 4 rings (SSSR count). The largest absolute Gasteiger partial charge is 0.443 e. The molecular weight excluding hydrogens is 304 g/mol. The van der Waals surface area contributed by atoms with Crippen molar-refractivity contribution in [2.45, 2.75) is 6.42 Å². The highest BCUT2D eigenvalue weighted by atomic mass is 35.5. The number of rotatable bonds is 3. The van der Waals surface area contributed by atoms with Crippen LogP contribution >= 0.6 is 11.6 Å². The molecule has 0 radical (unpaired) electrons. The molecule has 1 aliphatic carbocycles. The lowest BCUT2D eigenvalue weighted by Gasteiger charge is -2.19. The second kappa shape index (κ2) is 4.83. The Labute approximate surface area is 132 Å². The predicted molar refractivity (Wildman–Crippen MR) is 80.5 cm³/mol. The third kappa shape index (κ3) is 1.96. The van der Waals surface area contributed by atoms with E-state index in [0.29, 0.717) is 35.4 Å². The number of halogens is 1. The standard InChI is InChI=1S/C16H15ClN2O3/c17-12-4-2-1-3-11(12)14-13(18-9-22-14)15(21)19-6-10-5-16(10,7-19)8-20/h1-4,9-10,20H,5-8H2. The molecule has 1 saturated heterocycles. The number of benzene rings is 1. The zero-order chi connectivity index (χ0) is 15.3. The van der Waals surface area contributed by atoms with Crippen molar-refractivity contribution in [3.05, 3.63) is 41.4 Å². The quantitative estimate of drug-likeness (QED) is 0.944. The van der Waals surface area contributed by atoms with Crippen molar-refractivity contribution in [2.24, 2.45) is 11.3 Å². The Kier molecular flexibility index (Phi) is 3.03. The number of fused-ring (bicyclic) bond motifs is 1. The van der Waals surface area contributed by atoms with E-state index in [1.807, 2.05) is 12.1 Å². The van der Waals surface area contributed by atoms with E-state index in [0.717, 1.165) is 6.42 Å². The van der Waals surface area contributed by atoms with Crippen LogP contribution in [0.1, 0.15) is 16.9 Å². The molecule has 0 bridgehead atoms. The second-order valence-corrected chi connectivity index (χ2v) is 6.52.